The van der Waals surface area contributed by atoms with Crippen LogP contribution >= 0.6 is 11.6 Å². The Morgan fingerprint density at radius 2 is 2.11 bits per heavy atom. The van der Waals surface area contributed by atoms with Gasteiger partial charge in [0.2, 0.25) is 0 Å². The standard InChI is InChI=1S/C19H20ClN5.C2H6/c1-10-13-4-3-5-17(18(13)25-19(20)15(10)9-21)24-12-6-7-16(23)14(8-12)11(2)22;1-2/h6-8,17,22,24H,3-5,23H2,1-2H3;1-2H3. The molecule has 0 bridgehead atoms. The number of benzene rings is 1. The third-order valence-electron chi connectivity index (χ3n) is 4.72. The summed E-state index contributed by atoms with van der Waals surface area (Å²) in [6, 6.07) is 7.79. The first kappa shape index (κ1) is 20.7. The number of nitriles is 1. The molecule has 1 aromatic carbocycles. The van der Waals surface area contributed by atoms with Crippen molar-refractivity contribution in [1.82, 2.24) is 4.98 Å². The molecule has 1 unspecified atom stereocenters. The summed E-state index contributed by atoms with van der Waals surface area (Å²) in [6.07, 6.45) is 2.86. The minimum Gasteiger partial charge on any atom is -0.398 e. The molecule has 1 aromatic heterocycles. The first-order valence-electron chi connectivity index (χ1n) is 9.23. The van der Waals surface area contributed by atoms with E-state index in [1.807, 2.05) is 39.0 Å². The average Bonchev–Trinajstić information content (AvgIpc) is 2.66. The van der Waals surface area contributed by atoms with Crippen molar-refractivity contribution in [3.8, 4) is 6.07 Å². The zero-order valence-corrected chi connectivity index (χ0v) is 17.0. The Kier molecular flexibility index (Phi) is 6.81. The van der Waals surface area contributed by atoms with Gasteiger partial charge in [-0.1, -0.05) is 25.4 Å². The van der Waals surface area contributed by atoms with E-state index in [1.165, 1.54) is 0 Å². The first-order valence-corrected chi connectivity index (χ1v) is 9.60. The van der Waals surface area contributed by atoms with E-state index in [1.54, 1.807) is 6.92 Å². The van der Waals surface area contributed by atoms with Crippen molar-refractivity contribution in [3.63, 3.8) is 0 Å². The maximum atomic E-state index is 9.29. The number of nitrogens with two attached hydrogens (primary N) is 1. The quantitative estimate of drug-likeness (QED) is 0.375. The number of anilines is 2. The number of nitrogen functional groups attached to an aromatic ring is 1. The Morgan fingerprint density at radius 1 is 1.41 bits per heavy atom. The fraction of sp³-hybridized carbons (Fsp3) is 0.381. The lowest BCUT2D eigenvalue weighted by atomic mass is 9.87. The van der Waals surface area contributed by atoms with E-state index in [9.17, 15) is 5.26 Å². The van der Waals surface area contributed by atoms with E-state index in [-0.39, 0.29) is 11.2 Å². The molecule has 1 heterocycles. The Labute approximate surface area is 166 Å². The van der Waals surface area contributed by atoms with Gasteiger partial charge < -0.3 is 16.5 Å². The smallest absolute Gasteiger partial charge is 0.147 e. The predicted octanol–water partition coefficient (Wildman–Crippen LogP) is 5.40. The first-order chi connectivity index (χ1) is 12.9. The lowest BCUT2D eigenvalue weighted by Crippen LogP contribution is -2.21. The van der Waals surface area contributed by atoms with Crippen LogP contribution in [0, 0.1) is 23.7 Å². The molecule has 1 atom stereocenters. The summed E-state index contributed by atoms with van der Waals surface area (Å²) >= 11 is 6.22. The third-order valence-corrected chi connectivity index (χ3v) is 4.99. The molecule has 4 N–H and O–H groups in total. The molecule has 1 aliphatic carbocycles. The van der Waals surface area contributed by atoms with E-state index < -0.39 is 0 Å². The van der Waals surface area contributed by atoms with Crippen LogP contribution in [0.5, 0.6) is 0 Å². The SMILES string of the molecule is CC.CC(=N)c1cc(NC2CCCc3c2nc(Cl)c(C#N)c3C)ccc1N. The summed E-state index contributed by atoms with van der Waals surface area (Å²) in [5.74, 6) is 0. The summed E-state index contributed by atoms with van der Waals surface area (Å²) in [6.45, 7) is 7.66. The molecular weight excluding hydrogens is 358 g/mol. The Hall–Kier alpha value is -2.58. The van der Waals surface area contributed by atoms with Gasteiger partial charge in [-0.2, -0.15) is 5.26 Å². The highest BCUT2D eigenvalue weighted by molar-refractivity contribution is 6.30. The number of hydrogen-bond donors (Lipinski definition) is 3. The van der Waals surface area contributed by atoms with Crippen LogP contribution in [-0.2, 0) is 6.42 Å². The highest BCUT2D eigenvalue weighted by atomic mass is 35.5. The van der Waals surface area contributed by atoms with Crippen molar-refractivity contribution in [1.29, 1.82) is 10.7 Å². The highest BCUT2D eigenvalue weighted by Crippen LogP contribution is 2.36. The number of hydrogen-bond acceptors (Lipinski definition) is 5. The van der Waals surface area contributed by atoms with Gasteiger partial charge in [0.25, 0.3) is 0 Å². The summed E-state index contributed by atoms with van der Waals surface area (Å²) in [5.41, 5.74) is 12.0. The molecule has 5 nitrogen and oxygen atoms in total. The van der Waals surface area contributed by atoms with Crippen LogP contribution in [0.3, 0.4) is 0 Å². The summed E-state index contributed by atoms with van der Waals surface area (Å²) in [5, 5.41) is 20.9. The second-order valence-electron chi connectivity index (χ2n) is 6.39. The van der Waals surface area contributed by atoms with Crippen LogP contribution < -0.4 is 11.1 Å². The van der Waals surface area contributed by atoms with E-state index >= 15 is 0 Å². The highest BCUT2D eigenvalue weighted by Gasteiger charge is 2.26. The topological polar surface area (TPSA) is 98.6 Å². The lowest BCUT2D eigenvalue weighted by molar-refractivity contribution is 0.580. The summed E-state index contributed by atoms with van der Waals surface area (Å²) < 4.78 is 0. The number of rotatable bonds is 3. The van der Waals surface area contributed by atoms with Gasteiger partial charge in [0.15, 0.2) is 0 Å². The van der Waals surface area contributed by atoms with Crippen molar-refractivity contribution in [3.05, 3.63) is 51.3 Å². The number of fused-ring (bicyclic) bond motifs is 1. The van der Waals surface area contributed by atoms with Crippen molar-refractivity contribution >= 4 is 28.7 Å². The molecule has 1 aliphatic rings. The molecule has 6 heteroatoms. The van der Waals surface area contributed by atoms with Gasteiger partial charge in [0.05, 0.1) is 17.3 Å². The molecule has 0 saturated carbocycles. The Bertz CT molecular complexity index is 898. The van der Waals surface area contributed by atoms with Crippen LogP contribution in [0.25, 0.3) is 0 Å². The van der Waals surface area contributed by atoms with Gasteiger partial charge in [0, 0.05) is 22.6 Å². The van der Waals surface area contributed by atoms with Gasteiger partial charge in [-0.15, -0.1) is 0 Å². The second kappa shape index (κ2) is 8.88. The maximum absolute atomic E-state index is 9.29. The number of nitrogens with zero attached hydrogens (tertiary/aromatic N) is 2. The number of pyridine rings is 1. The molecule has 0 saturated heterocycles. The van der Waals surface area contributed by atoms with Crippen molar-refractivity contribution in [2.45, 2.75) is 53.0 Å². The molecule has 0 amide bonds. The van der Waals surface area contributed by atoms with Crippen LogP contribution in [0.2, 0.25) is 5.15 Å². The molecular formula is C21H26ClN5. The molecule has 0 spiro atoms. The summed E-state index contributed by atoms with van der Waals surface area (Å²) in [4.78, 5) is 4.51. The largest absolute Gasteiger partial charge is 0.398 e. The number of aromatic nitrogens is 1. The third kappa shape index (κ3) is 4.23. The van der Waals surface area contributed by atoms with Crippen LogP contribution in [0.1, 0.15) is 67.6 Å². The minimum absolute atomic E-state index is 0.0233. The predicted molar refractivity (Wildman–Crippen MR) is 113 cm³/mol. The van der Waals surface area contributed by atoms with Crippen LogP contribution in [-0.4, -0.2) is 10.7 Å². The number of nitrogens with one attached hydrogen (secondary N) is 2. The van der Waals surface area contributed by atoms with E-state index in [0.29, 0.717) is 17.0 Å². The Balaban J connectivity index is 0.00000126. The molecule has 142 valence electrons. The maximum Gasteiger partial charge on any atom is 0.147 e. The minimum atomic E-state index is 0.0233. The fourth-order valence-corrected chi connectivity index (χ4v) is 3.67. The van der Waals surface area contributed by atoms with Crippen molar-refractivity contribution in [2.24, 2.45) is 0 Å². The van der Waals surface area contributed by atoms with E-state index in [2.05, 4.69) is 16.4 Å². The average molecular weight is 384 g/mol. The fourth-order valence-electron chi connectivity index (χ4n) is 3.39. The summed E-state index contributed by atoms with van der Waals surface area (Å²) in [7, 11) is 0. The second-order valence-corrected chi connectivity index (χ2v) is 6.75. The van der Waals surface area contributed by atoms with Crippen LogP contribution in [0.4, 0.5) is 11.4 Å². The zero-order valence-electron chi connectivity index (χ0n) is 16.3. The molecule has 27 heavy (non-hydrogen) atoms. The number of halogens is 1. The van der Waals surface area contributed by atoms with E-state index in [4.69, 9.17) is 22.7 Å². The lowest BCUT2D eigenvalue weighted by Gasteiger charge is -2.28. The van der Waals surface area contributed by atoms with Gasteiger partial charge >= 0.3 is 0 Å². The molecule has 0 aliphatic heterocycles. The molecule has 0 radical (unpaired) electrons. The normalized spacial score (nSPS) is 15.0. The Morgan fingerprint density at radius 3 is 2.74 bits per heavy atom. The van der Waals surface area contributed by atoms with Crippen LogP contribution in [0.15, 0.2) is 18.2 Å². The monoisotopic (exact) mass is 383 g/mol. The van der Waals surface area contributed by atoms with Gasteiger partial charge in [-0.25, -0.2) is 4.98 Å². The van der Waals surface area contributed by atoms with Gasteiger partial charge in [-0.3, -0.25) is 0 Å². The van der Waals surface area contributed by atoms with E-state index in [0.717, 1.165) is 47.3 Å². The van der Waals surface area contributed by atoms with Gasteiger partial charge in [0.1, 0.15) is 11.2 Å². The van der Waals surface area contributed by atoms with Gasteiger partial charge in [-0.05, 0) is 62.4 Å². The molecule has 2 aromatic rings. The van der Waals surface area contributed by atoms with Crippen molar-refractivity contribution in [2.75, 3.05) is 11.1 Å². The zero-order chi connectivity index (χ0) is 20.1. The molecule has 0 fully saturated rings. The van der Waals surface area contributed by atoms with Crippen molar-refractivity contribution < 1.29 is 0 Å². The molecule has 3 rings (SSSR count).